The van der Waals surface area contributed by atoms with E-state index in [1.54, 1.807) is 4.90 Å². The summed E-state index contributed by atoms with van der Waals surface area (Å²) in [5, 5.41) is 0.987. The minimum atomic E-state index is -2.61. The first-order chi connectivity index (χ1) is 19.3. The molecule has 0 radical (unpaired) electrons. The number of rotatable bonds is 5. The molecule has 0 N–H and O–H groups in total. The lowest BCUT2D eigenvalue weighted by molar-refractivity contribution is -0.135. The molecule has 2 aliphatic heterocycles. The molecule has 1 aliphatic carbocycles. The molecule has 0 aromatic heterocycles. The smallest absolute Gasteiger partial charge is 0.253 e. The molecule has 2 aromatic rings. The number of amides is 2. The second-order valence-electron chi connectivity index (χ2n) is 12.8. The predicted molar refractivity (Wildman–Crippen MR) is 160 cm³/mol. The molecule has 2 saturated heterocycles. The maximum absolute atomic E-state index is 13.6. The number of piperazine rings is 1. The number of halogens is 4. The van der Waals surface area contributed by atoms with E-state index in [0.717, 1.165) is 29.8 Å². The van der Waals surface area contributed by atoms with Crippen molar-refractivity contribution in [2.24, 2.45) is 5.92 Å². The van der Waals surface area contributed by atoms with Gasteiger partial charge in [-0.1, -0.05) is 35.3 Å². The van der Waals surface area contributed by atoms with Gasteiger partial charge in [0.15, 0.2) is 0 Å². The zero-order valence-corrected chi connectivity index (χ0v) is 25.6. The number of hydrogen-bond donors (Lipinski definition) is 0. The largest absolute Gasteiger partial charge is 0.339 e. The summed E-state index contributed by atoms with van der Waals surface area (Å²) in [5.41, 5.74) is 3.21. The number of alkyl halides is 2. The van der Waals surface area contributed by atoms with Crippen molar-refractivity contribution in [3.63, 3.8) is 0 Å². The van der Waals surface area contributed by atoms with Crippen LogP contribution in [0.4, 0.5) is 8.78 Å². The Balaban J connectivity index is 1.22. The molecule has 1 saturated carbocycles. The SMILES string of the molecule is CC(C)(C)N1CCN(C(=O)c2ccc(-c3cc(Cl)c(CC4CCN(C5CCC(F)(F)CC5)C4=O)c(Cl)c3)cc2)CC1. The normalized spacial score (nSPS) is 22.4. The van der Waals surface area contributed by atoms with Crippen molar-refractivity contribution in [2.75, 3.05) is 32.7 Å². The molecule has 1 atom stereocenters. The lowest BCUT2D eigenvalue weighted by atomic mass is 9.91. The molecule has 0 spiro atoms. The average molecular weight is 607 g/mol. The Morgan fingerprint density at radius 3 is 2.05 bits per heavy atom. The molecule has 1 unspecified atom stereocenters. The van der Waals surface area contributed by atoms with E-state index < -0.39 is 5.92 Å². The monoisotopic (exact) mass is 605 g/mol. The molecule has 0 bridgehead atoms. The fourth-order valence-electron chi connectivity index (χ4n) is 6.43. The van der Waals surface area contributed by atoms with Crippen LogP contribution >= 0.6 is 23.2 Å². The van der Waals surface area contributed by atoms with Gasteiger partial charge in [-0.3, -0.25) is 14.5 Å². The third-order valence-corrected chi connectivity index (χ3v) is 9.72. The summed E-state index contributed by atoms with van der Waals surface area (Å²) in [6, 6.07) is 11.1. The van der Waals surface area contributed by atoms with Crippen LogP contribution in [0.1, 0.15) is 68.8 Å². The van der Waals surface area contributed by atoms with Crippen LogP contribution in [0.15, 0.2) is 36.4 Å². The molecule has 5 rings (SSSR count). The van der Waals surface area contributed by atoms with Crippen LogP contribution in [0.5, 0.6) is 0 Å². The highest BCUT2D eigenvalue weighted by Gasteiger charge is 2.42. The van der Waals surface area contributed by atoms with Gasteiger partial charge in [0.25, 0.3) is 5.91 Å². The Kier molecular flexibility index (Phi) is 8.71. The van der Waals surface area contributed by atoms with Crippen molar-refractivity contribution >= 4 is 35.0 Å². The Labute approximate surface area is 251 Å². The fraction of sp³-hybridized carbons (Fsp3) is 0.562. The third kappa shape index (κ3) is 6.73. The van der Waals surface area contributed by atoms with Gasteiger partial charge in [0, 0.05) is 78.7 Å². The van der Waals surface area contributed by atoms with Gasteiger partial charge >= 0.3 is 0 Å². The van der Waals surface area contributed by atoms with Crippen molar-refractivity contribution in [1.29, 1.82) is 0 Å². The van der Waals surface area contributed by atoms with E-state index in [-0.39, 0.29) is 42.2 Å². The maximum Gasteiger partial charge on any atom is 0.253 e. The summed E-state index contributed by atoms with van der Waals surface area (Å²) >= 11 is 13.4. The Morgan fingerprint density at radius 1 is 0.902 bits per heavy atom. The summed E-state index contributed by atoms with van der Waals surface area (Å²) in [7, 11) is 0. The van der Waals surface area contributed by atoms with Crippen molar-refractivity contribution in [3.8, 4) is 11.1 Å². The zero-order chi connectivity index (χ0) is 29.5. The highest BCUT2D eigenvalue weighted by molar-refractivity contribution is 6.36. The molecule has 2 heterocycles. The second-order valence-corrected chi connectivity index (χ2v) is 13.6. The van der Waals surface area contributed by atoms with Gasteiger partial charge in [-0.25, -0.2) is 8.78 Å². The van der Waals surface area contributed by atoms with Gasteiger partial charge in [0.1, 0.15) is 0 Å². The minimum absolute atomic E-state index is 0.0106. The number of carbonyl (C=O) groups is 2. The van der Waals surface area contributed by atoms with E-state index in [0.29, 0.717) is 60.9 Å². The molecule has 3 fully saturated rings. The molecular formula is C32H39Cl2F2N3O2. The van der Waals surface area contributed by atoms with E-state index in [1.165, 1.54) is 0 Å². The first-order valence-corrected chi connectivity index (χ1v) is 15.4. The van der Waals surface area contributed by atoms with Crippen LogP contribution in [0, 0.1) is 5.92 Å². The number of benzene rings is 2. The molecule has 2 amide bonds. The molecule has 222 valence electrons. The topological polar surface area (TPSA) is 43.9 Å². The molecule has 5 nitrogen and oxygen atoms in total. The van der Waals surface area contributed by atoms with Crippen molar-refractivity contribution in [1.82, 2.24) is 14.7 Å². The quantitative estimate of drug-likeness (QED) is 0.362. The van der Waals surface area contributed by atoms with Crippen molar-refractivity contribution in [2.45, 2.75) is 76.8 Å². The summed E-state index contributed by atoms with van der Waals surface area (Å²) in [4.78, 5) is 32.4. The number of nitrogens with zero attached hydrogens (tertiary/aromatic N) is 3. The molecular weight excluding hydrogens is 567 g/mol. The Bertz CT molecular complexity index is 1250. The van der Waals surface area contributed by atoms with Crippen LogP contribution in [-0.2, 0) is 11.2 Å². The van der Waals surface area contributed by atoms with Gasteiger partial charge < -0.3 is 9.80 Å². The highest BCUT2D eigenvalue weighted by Crippen LogP contribution is 2.39. The molecule has 3 aliphatic rings. The second kappa shape index (κ2) is 11.8. The first-order valence-electron chi connectivity index (χ1n) is 14.6. The number of likely N-dealkylation sites (tertiary alicyclic amines) is 1. The predicted octanol–water partition coefficient (Wildman–Crippen LogP) is 7.19. The highest BCUT2D eigenvalue weighted by atomic mass is 35.5. The maximum atomic E-state index is 13.6. The van der Waals surface area contributed by atoms with Crippen LogP contribution in [-0.4, -0.2) is 76.7 Å². The molecule has 2 aromatic carbocycles. The summed E-state index contributed by atoms with van der Waals surface area (Å²) in [6.45, 7) is 10.3. The number of carbonyl (C=O) groups excluding carboxylic acids is 2. The van der Waals surface area contributed by atoms with Crippen LogP contribution in [0.2, 0.25) is 10.0 Å². The van der Waals surface area contributed by atoms with E-state index in [1.807, 2.05) is 41.3 Å². The Morgan fingerprint density at radius 2 is 1.49 bits per heavy atom. The van der Waals surface area contributed by atoms with Crippen molar-refractivity contribution < 1.29 is 18.4 Å². The van der Waals surface area contributed by atoms with E-state index in [2.05, 4.69) is 25.7 Å². The van der Waals surface area contributed by atoms with E-state index in [9.17, 15) is 18.4 Å². The fourth-order valence-corrected chi connectivity index (χ4v) is 7.07. The Hall–Kier alpha value is -2.22. The summed E-state index contributed by atoms with van der Waals surface area (Å²) in [5.74, 6) is -2.82. The van der Waals surface area contributed by atoms with Crippen LogP contribution in [0.3, 0.4) is 0 Å². The van der Waals surface area contributed by atoms with Crippen LogP contribution < -0.4 is 0 Å². The lowest BCUT2D eigenvalue weighted by Gasteiger charge is -2.42. The standard InChI is InChI=1S/C32H39Cl2F2N3O2/c1-31(2,3)38-16-14-37(15-17-38)29(40)22-6-4-21(5-7-22)24-19-27(33)26(28(34)20-24)18-23-10-13-39(30(23)41)25-8-11-32(35,36)12-9-25/h4-7,19-20,23,25H,8-18H2,1-3H3. The van der Waals surface area contributed by atoms with Gasteiger partial charge in [-0.05, 0) is 87.4 Å². The zero-order valence-electron chi connectivity index (χ0n) is 24.1. The van der Waals surface area contributed by atoms with E-state index >= 15 is 0 Å². The van der Waals surface area contributed by atoms with Gasteiger partial charge in [0.2, 0.25) is 11.8 Å². The average Bonchev–Trinajstić information content (AvgIpc) is 3.29. The van der Waals surface area contributed by atoms with Gasteiger partial charge in [-0.15, -0.1) is 0 Å². The van der Waals surface area contributed by atoms with E-state index in [4.69, 9.17) is 23.2 Å². The van der Waals surface area contributed by atoms with Crippen LogP contribution in [0.25, 0.3) is 11.1 Å². The minimum Gasteiger partial charge on any atom is -0.339 e. The summed E-state index contributed by atoms with van der Waals surface area (Å²) in [6.07, 6.45) is 1.47. The lowest BCUT2D eigenvalue weighted by Crippen LogP contribution is -2.54. The summed E-state index contributed by atoms with van der Waals surface area (Å²) < 4.78 is 27.2. The van der Waals surface area contributed by atoms with Gasteiger partial charge in [-0.2, -0.15) is 0 Å². The molecule has 9 heteroatoms. The third-order valence-electron chi connectivity index (χ3n) is 9.05. The van der Waals surface area contributed by atoms with Crippen molar-refractivity contribution in [3.05, 3.63) is 57.6 Å². The molecule has 41 heavy (non-hydrogen) atoms. The number of hydrogen-bond acceptors (Lipinski definition) is 3. The first kappa shape index (κ1) is 30.2. The van der Waals surface area contributed by atoms with Gasteiger partial charge in [0.05, 0.1) is 0 Å².